The lowest BCUT2D eigenvalue weighted by molar-refractivity contribution is -0.140. The fourth-order valence-corrected chi connectivity index (χ4v) is 4.55. The van der Waals surface area contributed by atoms with Gasteiger partial charge in [-0.1, -0.05) is 31.0 Å². The Kier molecular flexibility index (Phi) is 7.66. The summed E-state index contributed by atoms with van der Waals surface area (Å²) in [5.74, 6) is 0.514. The first-order valence-electron chi connectivity index (χ1n) is 8.52. The van der Waals surface area contributed by atoms with Crippen molar-refractivity contribution in [2.75, 3.05) is 7.11 Å². The van der Waals surface area contributed by atoms with Gasteiger partial charge in [-0.3, -0.25) is 9.59 Å². The Balaban J connectivity index is 1.84. The van der Waals surface area contributed by atoms with Crippen LogP contribution in [0.5, 0.6) is 0 Å². The van der Waals surface area contributed by atoms with Crippen molar-refractivity contribution in [3.63, 3.8) is 0 Å². The zero-order chi connectivity index (χ0) is 16.5. The van der Waals surface area contributed by atoms with E-state index in [0.717, 1.165) is 44.9 Å². The van der Waals surface area contributed by atoms with Crippen LogP contribution >= 0.6 is 11.8 Å². The predicted molar refractivity (Wildman–Crippen MR) is 93.5 cm³/mol. The fraction of sp³-hybridized carbons (Fsp3) is 0.579. The van der Waals surface area contributed by atoms with Crippen LogP contribution < -0.4 is 0 Å². The van der Waals surface area contributed by atoms with Crippen LogP contribution in [0, 0.1) is 5.92 Å². The number of hydrogen-bond donors (Lipinski definition) is 0. The van der Waals surface area contributed by atoms with Gasteiger partial charge in [-0.25, -0.2) is 0 Å². The largest absolute Gasteiger partial charge is 0.469 e. The Morgan fingerprint density at radius 1 is 1.26 bits per heavy atom. The SMILES string of the molecule is COC(=O)CCCCCC(Sc1ccccc1)C1CCCC1=O. The molecule has 0 bridgehead atoms. The number of hydrogen-bond acceptors (Lipinski definition) is 4. The monoisotopic (exact) mass is 334 g/mol. The number of ether oxygens (including phenoxy) is 1. The van der Waals surface area contributed by atoms with Gasteiger partial charge >= 0.3 is 5.97 Å². The Morgan fingerprint density at radius 2 is 2.04 bits per heavy atom. The van der Waals surface area contributed by atoms with Crippen molar-refractivity contribution in [1.29, 1.82) is 0 Å². The molecular formula is C19H26O3S. The summed E-state index contributed by atoms with van der Waals surface area (Å²) in [7, 11) is 1.43. The highest BCUT2D eigenvalue weighted by molar-refractivity contribution is 8.00. The maximum Gasteiger partial charge on any atom is 0.305 e. The molecule has 0 heterocycles. The highest BCUT2D eigenvalue weighted by Crippen LogP contribution is 2.38. The van der Waals surface area contributed by atoms with E-state index in [0.29, 0.717) is 17.5 Å². The fourth-order valence-electron chi connectivity index (χ4n) is 3.15. The number of rotatable bonds is 9. The Labute approximate surface area is 143 Å². The average Bonchev–Trinajstić information content (AvgIpc) is 3.00. The minimum absolute atomic E-state index is 0.133. The second-order valence-corrected chi connectivity index (χ2v) is 7.42. The normalized spacial score (nSPS) is 18.8. The molecule has 2 unspecified atom stereocenters. The Bertz CT molecular complexity index is 501. The number of Topliss-reactive ketones (excluding diaryl/α,β-unsaturated/α-hetero) is 1. The van der Waals surface area contributed by atoms with Crippen LogP contribution in [-0.2, 0) is 14.3 Å². The second-order valence-electron chi connectivity index (χ2n) is 6.11. The zero-order valence-corrected chi connectivity index (χ0v) is 14.6. The van der Waals surface area contributed by atoms with E-state index in [2.05, 4.69) is 16.9 Å². The summed E-state index contributed by atoms with van der Waals surface area (Å²) in [5, 5.41) is 0.366. The molecule has 2 rings (SSSR count). The maximum absolute atomic E-state index is 12.1. The van der Waals surface area contributed by atoms with E-state index in [4.69, 9.17) is 0 Å². The molecule has 1 aliphatic carbocycles. The summed E-state index contributed by atoms with van der Waals surface area (Å²) in [6.07, 6.45) is 7.30. The molecule has 0 aliphatic heterocycles. The van der Waals surface area contributed by atoms with Gasteiger partial charge in [0, 0.05) is 28.9 Å². The van der Waals surface area contributed by atoms with Crippen molar-refractivity contribution < 1.29 is 14.3 Å². The summed E-state index contributed by atoms with van der Waals surface area (Å²) in [6.45, 7) is 0. The van der Waals surface area contributed by atoms with Gasteiger partial charge in [0.05, 0.1) is 7.11 Å². The van der Waals surface area contributed by atoms with Crippen molar-refractivity contribution in [1.82, 2.24) is 0 Å². The molecule has 0 radical (unpaired) electrons. The highest BCUT2D eigenvalue weighted by atomic mass is 32.2. The first-order valence-corrected chi connectivity index (χ1v) is 9.40. The van der Waals surface area contributed by atoms with Crippen molar-refractivity contribution in [2.45, 2.75) is 61.5 Å². The van der Waals surface area contributed by atoms with E-state index < -0.39 is 0 Å². The number of carbonyl (C=O) groups is 2. The Hall–Kier alpha value is -1.29. The molecular weight excluding hydrogens is 308 g/mol. The number of methoxy groups -OCH3 is 1. The van der Waals surface area contributed by atoms with Crippen molar-refractivity contribution >= 4 is 23.5 Å². The lowest BCUT2D eigenvalue weighted by Crippen LogP contribution is -2.21. The molecule has 1 fully saturated rings. The lowest BCUT2D eigenvalue weighted by atomic mass is 9.97. The van der Waals surface area contributed by atoms with Gasteiger partial charge in [-0.2, -0.15) is 0 Å². The van der Waals surface area contributed by atoms with Crippen molar-refractivity contribution in [2.24, 2.45) is 5.92 Å². The number of carbonyl (C=O) groups excluding carboxylic acids is 2. The molecule has 23 heavy (non-hydrogen) atoms. The number of ketones is 1. The first kappa shape index (κ1) is 18.1. The van der Waals surface area contributed by atoms with E-state index in [-0.39, 0.29) is 11.9 Å². The van der Waals surface area contributed by atoms with Crippen molar-refractivity contribution in [3.05, 3.63) is 30.3 Å². The molecule has 1 aromatic rings. The summed E-state index contributed by atoms with van der Waals surface area (Å²) in [5.41, 5.74) is 0. The molecule has 0 amide bonds. The van der Waals surface area contributed by atoms with E-state index >= 15 is 0 Å². The number of unbranched alkanes of at least 4 members (excludes halogenated alkanes) is 2. The summed E-state index contributed by atoms with van der Waals surface area (Å²) >= 11 is 1.85. The van der Waals surface area contributed by atoms with Gasteiger partial charge in [0.2, 0.25) is 0 Å². The third kappa shape index (κ3) is 6.02. The number of thioether (sulfide) groups is 1. The third-order valence-corrected chi connectivity index (χ3v) is 5.84. The third-order valence-electron chi connectivity index (χ3n) is 4.43. The molecule has 0 saturated heterocycles. The van der Waals surface area contributed by atoms with Gasteiger partial charge in [0.25, 0.3) is 0 Å². The molecule has 1 aromatic carbocycles. The number of benzene rings is 1. The molecule has 1 aliphatic rings. The molecule has 4 heteroatoms. The summed E-state index contributed by atoms with van der Waals surface area (Å²) in [4.78, 5) is 24.5. The van der Waals surface area contributed by atoms with Gasteiger partial charge in [0.1, 0.15) is 5.78 Å². The van der Waals surface area contributed by atoms with E-state index in [1.54, 1.807) is 0 Å². The summed E-state index contributed by atoms with van der Waals surface area (Å²) in [6, 6.07) is 10.4. The van der Waals surface area contributed by atoms with Gasteiger partial charge in [0.15, 0.2) is 0 Å². The van der Waals surface area contributed by atoms with E-state index in [1.165, 1.54) is 12.0 Å². The van der Waals surface area contributed by atoms with Crippen molar-refractivity contribution in [3.8, 4) is 0 Å². The van der Waals surface area contributed by atoms with Crippen LogP contribution in [0.3, 0.4) is 0 Å². The van der Waals surface area contributed by atoms with Crippen LogP contribution in [0.15, 0.2) is 35.2 Å². The molecule has 0 aromatic heterocycles. The maximum atomic E-state index is 12.1. The first-order chi connectivity index (χ1) is 11.2. The highest BCUT2D eigenvalue weighted by Gasteiger charge is 2.32. The minimum atomic E-state index is -0.133. The molecule has 0 spiro atoms. The minimum Gasteiger partial charge on any atom is -0.469 e. The van der Waals surface area contributed by atoms with Gasteiger partial charge in [-0.05, 0) is 37.8 Å². The predicted octanol–water partition coefficient (Wildman–Crippen LogP) is 4.64. The smallest absolute Gasteiger partial charge is 0.305 e. The van der Waals surface area contributed by atoms with Crippen LogP contribution in [0.4, 0.5) is 0 Å². The standard InChI is InChI=1S/C19H26O3S/c1-22-19(21)14-7-3-6-13-18(16-11-8-12-17(16)20)23-15-9-4-2-5-10-15/h2,4-5,9-10,16,18H,3,6-8,11-14H2,1H3. The van der Waals surface area contributed by atoms with E-state index in [1.807, 2.05) is 30.0 Å². The van der Waals surface area contributed by atoms with Crippen LogP contribution in [0.2, 0.25) is 0 Å². The average molecular weight is 334 g/mol. The quantitative estimate of drug-likeness (QED) is 0.375. The van der Waals surface area contributed by atoms with E-state index in [9.17, 15) is 9.59 Å². The zero-order valence-electron chi connectivity index (χ0n) is 13.8. The van der Waals surface area contributed by atoms with Crippen LogP contribution in [0.1, 0.15) is 51.4 Å². The molecule has 1 saturated carbocycles. The Morgan fingerprint density at radius 3 is 2.70 bits per heavy atom. The lowest BCUT2D eigenvalue weighted by Gasteiger charge is -2.22. The molecule has 0 N–H and O–H groups in total. The second kappa shape index (κ2) is 9.76. The molecule has 2 atom stereocenters. The van der Waals surface area contributed by atoms with Gasteiger partial charge in [-0.15, -0.1) is 11.8 Å². The molecule has 126 valence electrons. The summed E-state index contributed by atoms with van der Waals surface area (Å²) < 4.78 is 4.66. The number of esters is 1. The van der Waals surface area contributed by atoms with Crippen LogP contribution in [0.25, 0.3) is 0 Å². The van der Waals surface area contributed by atoms with Crippen LogP contribution in [-0.4, -0.2) is 24.1 Å². The molecule has 3 nitrogen and oxygen atoms in total. The topological polar surface area (TPSA) is 43.4 Å². The van der Waals surface area contributed by atoms with Gasteiger partial charge < -0.3 is 4.74 Å².